The summed E-state index contributed by atoms with van der Waals surface area (Å²) in [5.74, 6) is -3.71. The molecule has 1 fully saturated rings. The second kappa shape index (κ2) is 8.03. The highest BCUT2D eigenvalue weighted by Gasteiger charge is 2.56. The first kappa shape index (κ1) is 20.9. The van der Waals surface area contributed by atoms with Gasteiger partial charge in [0.15, 0.2) is 5.78 Å². The first-order valence-electron chi connectivity index (χ1n) is 9.35. The molecule has 1 amide bonds. The maximum Gasteiger partial charge on any atom is 0.349 e. The minimum atomic E-state index is -1.26. The second-order valence-electron chi connectivity index (χ2n) is 7.19. The molecular weight excluding hydrogens is 426 g/mol. The standard InChI is InChI=1S/C21H17NO8S/c1-9(23)29-7-11-8-31-18-15(14(11)20(26)27)17(24)16(18)22-19(25)12-6-10-4-2-3-5-13(10)30-21(12)28/h2-6,15-16,18H,7-8H2,1H3,(H,22,25)(H,26,27)/t15?,16-,18+/m1/s1. The van der Waals surface area contributed by atoms with E-state index in [-0.39, 0.29) is 23.5 Å². The van der Waals surface area contributed by atoms with Gasteiger partial charge in [0, 0.05) is 23.3 Å². The summed E-state index contributed by atoms with van der Waals surface area (Å²) >= 11 is 1.30. The number of fused-ring (bicyclic) bond motifs is 2. The Balaban J connectivity index is 1.55. The van der Waals surface area contributed by atoms with Gasteiger partial charge in [-0.15, -0.1) is 0 Å². The number of carbonyl (C=O) groups excluding carboxylic acids is 3. The quantitative estimate of drug-likeness (QED) is 0.514. The summed E-state index contributed by atoms with van der Waals surface area (Å²) in [6, 6.07) is 7.18. The Hall–Kier alpha value is -3.40. The van der Waals surface area contributed by atoms with Crippen LogP contribution < -0.4 is 10.9 Å². The summed E-state index contributed by atoms with van der Waals surface area (Å²) in [6.07, 6.45) is 0. The average molecular weight is 443 g/mol. The van der Waals surface area contributed by atoms with Gasteiger partial charge in [-0.05, 0) is 17.7 Å². The van der Waals surface area contributed by atoms with Crippen LogP contribution in [0.2, 0.25) is 0 Å². The summed E-state index contributed by atoms with van der Waals surface area (Å²) in [5.41, 5.74) is -0.456. The van der Waals surface area contributed by atoms with Crippen molar-refractivity contribution in [2.24, 2.45) is 5.92 Å². The topological polar surface area (TPSA) is 140 Å². The Morgan fingerprint density at radius 1 is 1.26 bits per heavy atom. The molecule has 2 aliphatic rings. The maximum atomic E-state index is 12.7. The Bertz CT molecular complexity index is 1210. The Labute approximate surface area is 179 Å². The molecule has 1 aliphatic carbocycles. The van der Waals surface area contributed by atoms with E-state index in [1.807, 2.05) is 0 Å². The van der Waals surface area contributed by atoms with E-state index in [9.17, 15) is 29.1 Å². The summed E-state index contributed by atoms with van der Waals surface area (Å²) in [4.78, 5) is 60.4. The number of Topliss-reactive ketones (excluding diaryl/α,β-unsaturated/α-hetero) is 1. The number of ketones is 1. The van der Waals surface area contributed by atoms with Crippen LogP contribution in [0.4, 0.5) is 0 Å². The fourth-order valence-corrected chi connectivity index (χ4v) is 5.26. The third-order valence-electron chi connectivity index (χ3n) is 5.26. The smallest absolute Gasteiger partial charge is 0.349 e. The van der Waals surface area contributed by atoms with Crippen molar-refractivity contribution in [3.63, 3.8) is 0 Å². The van der Waals surface area contributed by atoms with Crippen LogP contribution in [0.1, 0.15) is 17.3 Å². The van der Waals surface area contributed by atoms with E-state index in [1.54, 1.807) is 24.3 Å². The molecule has 0 radical (unpaired) electrons. The van der Waals surface area contributed by atoms with Crippen molar-refractivity contribution >= 4 is 46.4 Å². The molecule has 2 heterocycles. The lowest BCUT2D eigenvalue weighted by atomic mass is 9.71. The third-order valence-corrected chi connectivity index (χ3v) is 6.71. The van der Waals surface area contributed by atoms with Crippen LogP contribution >= 0.6 is 11.8 Å². The molecule has 0 spiro atoms. The number of benzene rings is 1. The molecule has 0 bridgehead atoms. The van der Waals surface area contributed by atoms with Gasteiger partial charge in [-0.1, -0.05) is 18.2 Å². The molecule has 160 valence electrons. The monoisotopic (exact) mass is 443 g/mol. The van der Waals surface area contributed by atoms with Gasteiger partial charge in [-0.25, -0.2) is 9.59 Å². The predicted octanol–water partition coefficient (Wildman–Crippen LogP) is 1.15. The van der Waals surface area contributed by atoms with Crippen molar-refractivity contribution in [2.75, 3.05) is 12.4 Å². The lowest BCUT2D eigenvalue weighted by Gasteiger charge is -2.46. The number of hydrogen-bond acceptors (Lipinski definition) is 8. The van der Waals surface area contributed by atoms with Crippen LogP contribution in [0.5, 0.6) is 0 Å². The highest BCUT2D eigenvalue weighted by Crippen LogP contribution is 2.45. The van der Waals surface area contributed by atoms with Crippen LogP contribution in [0, 0.1) is 5.92 Å². The van der Waals surface area contributed by atoms with Gasteiger partial charge in [0.25, 0.3) is 5.91 Å². The zero-order valence-corrected chi connectivity index (χ0v) is 17.1. The number of ether oxygens (including phenoxy) is 1. The van der Waals surface area contributed by atoms with Gasteiger partial charge < -0.3 is 19.6 Å². The lowest BCUT2D eigenvalue weighted by Crippen LogP contribution is -2.65. The molecule has 0 saturated heterocycles. The van der Waals surface area contributed by atoms with Crippen molar-refractivity contribution < 1.29 is 33.4 Å². The van der Waals surface area contributed by atoms with Gasteiger partial charge in [0.2, 0.25) is 0 Å². The average Bonchev–Trinajstić information content (AvgIpc) is 2.74. The molecule has 1 aromatic carbocycles. The summed E-state index contributed by atoms with van der Waals surface area (Å²) in [5, 5.41) is 12.2. The normalized spacial score (nSPS) is 22.5. The first-order valence-corrected chi connectivity index (χ1v) is 10.4. The van der Waals surface area contributed by atoms with Crippen molar-refractivity contribution in [1.82, 2.24) is 5.32 Å². The SMILES string of the molecule is CC(=O)OCC1=C(C(=O)O)C2C(=O)[C@@H](NC(=O)c3cc4ccccc4oc3=O)[C@H]2SC1. The van der Waals surface area contributed by atoms with Gasteiger partial charge >= 0.3 is 17.6 Å². The summed E-state index contributed by atoms with van der Waals surface area (Å²) < 4.78 is 10.1. The van der Waals surface area contributed by atoms with Crippen LogP contribution in [0.25, 0.3) is 11.0 Å². The molecule has 10 heteroatoms. The Morgan fingerprint density at radius 3 is 2.71 bits per heavy atom. The number of carbonyl (C=O) groups is 4. The summed E-state index contributed by atoms with van der Waals surface area (Å²) in [6.45, 7) is 1.01. The molecule has 3 atom stereocenters. The number of para-hydroxylation sites is 1. The zero-order valence-electron chi connectivity index (χ0n) is 16.2. The number of thioether (sulfide) groups is 1. The lowest BCUT2D eigenvalue weighted by molar-refractivity contribution is -0.141. The van der Waals surface area contributed by atoms with E-state index >= 15 is 0 Å². The molecule has 4 rings (SSSR count). The number of carboxylic acid groups (broad SMARTS) is 1. The minimum Gasteiger partial charge on any atom is -0.478 e. The van der Waals surface area contributed by atoms with E-state index in [2.05, 4.69) is 5.32 Å². The largest absolute Gasteiger partial charge is 0.478 e. The molecule has 9 nitrogen and oxygen atoms in total. The van der Waals surface area contributed by atoms with E-state index < -0.39 is 46.5 Å². The molecule has 31 heavy (non-hydrogen) atoms. The van der Waals surface area contributed by atoms with Crippen molar-refractivity contribution in [3.05, 3.63) is 57.5 Å². The molecule has 1 saturated carbocycles. The third kappa shape index (κ3) is 3.74. The van der Waals surface area contributed by atoms with E-state index in [4.69, 9.17) is 9.15 Å². The number of hydrogen-bond donors (Lipinski definition) is 2. The number of carboxylic acids is 1. The van der Waals surface area contributed by atoms with Crippen molar-refractivity contribution in [2.45, 2.75) is 18.2 Å². The second-order valence-corrected chi connectivity index (χ2v) is 8.36. The van der Waals surface area contributed by atoms with Crippen molar-refractivity contribution in [1.29, 1.82) is 0 Å². The maximum absolute atomic E-state index is 12.7. The van der Waals surface area contributed by atoms with Gasteiger partial charge in [0.1, 0.15) is 23.8 Å². The molecule has 2 aromatic rings. The Kier molecular flexibility index (Phi) is 5.40. The first-order chi connectivity index (χ1) is 14.8. The molecule has 1 unspecified atom stereocenters. The van der Waals surface area contributed by atoms with E-state index in [0.29, 0.717) is 16.5 Å². The number of rotatable bonds is 5. The van der Waals surface area contributed by atoms with Crippen LogP contribution in [-0.2, 0) is 19.1 Å². The van der Waals surface area contributed by atoms with E-state index in [1.165, 1.54) is 24.8 Å². The molecule has 1 aromatic heterocycles. The fourth-order valence-electron chi connectivity index (χ4n) is 3.77. The van der Waals surface area contributed by atoms with Gasteiger partial charge in [-0.2, -0.15) is 11.8 Å². The zero-order chi connectivity index (χ0) is 22.3. The van der Waals surface area contributed by atoms with Gasteiger partial charge in [0.05, 0.1) is 11.5 Å². The molecule has 2 N–H and O–H groups in total. The highest BCUT2D eigenvalue weighted by atomic mass is 32.2. The van der Waals surface area contributed by atoms with Crippen LogP contribution in [0.3, 0.4) is 0 Å². The predicted molar refractivity (Wildman–Crippen MR) is 110 cm³/mol. The number of nitrogens with one attached hydrogen (secondary N) is 1. The van der Waals surface area contributed by atoms with Crippen LogP contribution in [-0.4, -0.2) is 52.4 Å². The van der Waals surface area contributed by atoms with Crippen LogP contribution in [0.15, 0.2) is 50.7 Å². The number of amides is 1. The van der Waals surface area contributed by atoms with E-state index in [0.717, 1.165) is 0 Å². The van der Waals surface area contributed by atoms with Crippen molar-refractivity contribution in [3.8, 4) is 0 Å². The Morgan fingerprint density at radius 2 is 2.00 bits per heavy atom. The fraction of sp³-hybridized carbons (Fsp3) is 0.286. The highest BCUT2D eigenvalue weighted by molar-refractivity contribution is 8.00. The molecular formula is C21H17NO8S. The molecule has 1 aliphatic heterocycles. The number of aliphatic carboxylic acids is 1. The van der Waals surface area contributed by atoms with Gasteiger partial charge in [-0.3, -0.25) is 14.4 Å². The minimum absolute atomic E-state index is 0.0919. The number of esters is 1. The summed E-state index contributed by atoms with van der Waals surface area (Å²) in [7, 11) is 0.